The van der Waals surface area contributed by atoms with E-state index in [1.807, 2.05) is 4.90 Å². The van der Waals surface area contributed by atoms with Crippen molar-refractivity contribution >= 4 is 22.0 Å². The van der Waals surface area contributed by atoms with Gasteiger partial charge in [0.05, 0.1) is 25.6 Å². The van der Waals surface area contributed by atoms with E-state index >= 15 is 0 Å². The summed E-state index contributed by atoms with van der Waals surface area (Å²) in [6, 6.07) is 0. The third-order valence-electron chi connectivity index (χ3n) is 4.91. The van der Waals surface area contributed by atoms with Crippen LogP contribution in [0.4, 0.5) is 0 Å². The molecule has 1 fully saturated rings. The zero-order valence-electron chi connectivity index (χ0n) is 16.8. The van der Waals surface area contributed by atoms with E-state index in [0.29, 0.717) is 32.8 Å². The number of carbonyl (C=O) groups excluding carboxylic acids is 1. The van der Waals surface area contributed by atoms with Crippen LogP contribution in [0.25, 0.3) is 0 Å². The molecule has 1 saturated heterocycles. The van der Waals surface area contributed by atoms with Gasteiger partial charge in [-0.15, -0.1) is 0 Å². The Morgan fingerprint density at radius 2 is 1.86 bits per heavy atom. The van der Waals surface area contributed by atoms with Crippen molar-refractivity contribution in [3.8, 4) is 0 Å². The van der Waals surface area contributed by atoms with Crippen molar-refractivity contribution in [2.24, 2.45) is 5.41 Å². The van der Waals surface area contributed by atoms with Crippen molar-refractivity contribution in [3.05, 3.63) is 0 Å². The fourth-order valence-electron chi connectivity index (χ4n) is 2.81. The fourth-order valence-corrected chi connectivity index (χ4v) is 3.90. The molecule has 0 aliphatic carbocycles. The minimum Gasteiger partial charge on any atom is -0.479 e. The maximum absolute atomic E-state index is 12.0. The lowest BCUT2D eigenvalue weighted by molar-refractivity contribution is -0.178. The van der Waals surface area contributed by atoms with Crippen LogP contribution in [0.5, 0.6) is 0 Å². The van der Waals surface area contributed by atoms with Crippen molar-refractivity contribution in [2.45, 2.75) is 39.2 Å². The lowest BCUT2D eigenvalue weighted by Crippen LogP contribution is -2.55. The van der Waals surface area contributed by atoms with Crippen LogP contribution in [0.15, 0.2) is 0 Å². The number of carboxylic acids is 1. The topological polar surface area (TPSA) is 142 Å². The number of amides is 1. The van der Waals surface area contributed by atoms with Crippen LogP contribution in [0.1, 0.15) is 33.6 Å². The molecule has 1 amide bonds. The molecule has 10 nitrogen and oxygen atoms in total. The first-order valence-electron chi connectivity index (χ1n) is 9.27. The Hall–Kier alpha value is -1.27. The summed E-state index contributed by atoms with van der Waals surface area (Å²) in [7, 11) is -3.92. The maximum atomic E-state index is 12.0. The molecule has 0 saturated carbocycles. The summed E-state index contributed by atoms with van der Waals surface area (Å²) in [5.41, 5.74) is -3.51. The number of carbonyl (C=O) groups is 2. The summed E-state index contributed by atoms with van der Waals surface area (Å²) >= 11 is 0. The van der Waals surface area contributed by atoms with Crippen LogP contribution in [0.3, 0.4) is 0 Å². The van der Waals surface area contributed by atoms with E-state index < -0.39 is 33.7 Å². The number of hydrogen-bond acceptors (Lipinski definition) is 8. The third kappa shape index (κ3) is 7.63. The van der Waals surface area contributed by atoms with Crippen LogP contribution in [-0.2, 0) is 28.6 Å². The Morgan fingerprint density at radius 1 is 1.25 bits per heavy atom. The van der Waals surface area contributed by atoms with E-state index in [2.05, 4.69) is 5.32 Å². The molecule has 0 aromatic heterocycles. The highest BCUT2D eigenvalue weighted by Gasteiger charge is 2.50. The molecule has 1 rings (SSSR count). The van der Waals surface area contributed by atoms with E-state index in [4.69, 9.17) is 8.92 Å². The van der Waals surface area contributed by atoms with E-state index in [0.717, 1.165) is 0 Å². The van der Waals surface area contributed by atoms with E-state index in [-0.39, 0.29) is 31.0 Å². The molecule has 0 bridgehead atoms. The Bertz CT molecular complexity index is 631. The van der Waals surface area contributed by atoms with Gasteiger partial charge in [-0.05, 0) is 6.42 Å². The lowest BCUT2D eigenvalue weighted by Gasteiger charge is -2.40. The first-order valence-corrected chi connectivity index (χ1v) is 10.8. The highest BCUT2D eigenvalue weighted by molar-refractivity contribution is 7.86. The molecule has 164 valence electrons. The first-order chi connectivity index (χ1) is 12.9. The molecule has 0 radical (unpaired) electrons. The average molecular weight is 425 g/mol. The number of aliphatic hydroxyl groups is 1. The number of ether oxygens (including phenoxy) is 1. The number of nitrogens with one attached hydrogen (secondary N) is 1. The molecule has 3 N–H and O–H groups in total. The molecular formula is C17H32N2O8S. The number of nitrogens with zero attached hydrogens (tertiary/aromatic N) is 1. The number of hydrogen-bond donors (Lipinski definition) is 3. The molecule has 28 heavy (non-hydrogen) atoms. The molecule has 0 unspecified atom stereocenters. The quantitative estimate of drug-likeness (QED) is 0.277. The van der Waals surface area contributed by atoms with Crippen molar-refractivity contribution in [1.29, 1.82) is 0 Å². The van der Waals surface area contributed by atoms with Crippen LogP contribution in [-0.4, -0.2) is 92.8 Å². The number of morpholine rings is 1. The molecule has 0 spiro atoms. The first kappa shape index (κ1) is 24.8. The second-order valence-corrected chi connectivity index (χ2v) is 9.37. The second kappa shape index (κ2) is 10.5. The smallest absolute Gasteiger partial charge is 0.336 e. The SMILES string of the molecule is CC(=O)NCCCS(=O)(=O)OCC(C)(C)[C@](O)(CCN1CCOCC1)C(=O)O. The summed E-state index contributed by atoms with van der Waals surface area (Å²) in [4.78, 5) is 24.6. The van der Waals surface area contributed by atoms with Gasteiger partial charge in [-0.25, -0.2) is 4.79 Å². The van der Waals surface area contributed by atoms with Gasteiger partial charge in [-0.3, -0.25) is 13.9 Å². The zero-order chi connectivity index (χ0) is 21.4. The molecule has 1 atom stereocenters. The van der Waals surface area contributed by atoms with Gasteiger partial charge in [0.15, 0.2) is 5.60 Å². The third-order valence-corrected chi connectivity index (χ3v) is 6.18. The number of aliphatic carboxylic acids is 1. The normalized spacial score (nSPS) is 18.4. The predicted molar refractivity (Wildman–Crippen MR) is 101 cm³/mol. The molecule has 0 aromatic carbocycles. The molecule has 1 heterocycles. The summed E-state index contributed by atoms with van der Waals surface area (Å²) in [5, 5.41) is 22.9. The summed E-state index contributed by atoms with van der Waals surface area (Å²) < 4.78 is 34.3. The molecular weight excluding hydrogens is 392 g/mol. The van der Waals surface area contributed by atoms with E-state index in [1.54, 1.807) is 0 Å². The van der Waals surface area contributed by atoms with Crippen LogP contribution >= 0.6 is 0 Å². The van der Waals surface area contributed by atoms with Crippen LogP contribution in [0, 0.1) is 5.41 Å². The highest BCUT2D eigenvalue weighted by atomic mass is 32.2. The lowest BCUT2D eigenvalue weighted by atomic mass is 9.73. The van der Waals surface area contributed by atoms with Crippen molar-refractivity contribution in [3.63, 3.8) is 0 Å². The Morgan fingerprint density at radius 3 is 2.39 bits per heavy atom. The van der Waals surface area contributed by atoms with Gasteiger partial charge in [-0.1, -0.05) is 13.8 Å². The van der Waals surface area contributed by atoms with E-state index in [1.165, 1.54) is 20.8 Å². The standard InChI is InChI=1S/C17H32N2O8S/c1-14(20)18-6-4-12-28(24,25)27-13-16(2,3)17(23,15(21)22)5-7-19-8-10-26-11-9-19/h23H,4-13H2,1-3H3,(H,18,20)(H,21,22)/t17-/m0/s1. The minimum absolute atomic E-state index is 0.0682. The maximum Gasteiger partial charge on any atom is 0.336 e. The summed E-state index contributed by atoms with van der Waals surface area (Å²) in [6.45, 7) is 6.73. The van der Waals surface area contributed by atoms with E-state index in [9.17, 15) is 28.2 Å². The van der Waals surface area contributed by atoms with Crippen molar-refractivity contribution < 1.29 is 37.1 Å². The predicted octanol–water partition coefficient (Wildman–Crippen LogP) is -0.577. The average Bonchev–Trinajstić information content (AvgIpc) is 2.62. The van der Waals surface area contributed by atoms with Crippen LogP contribution < -0.4 is 5.32 Å². The van der Waals surface area contributed by atoms with Gasteiger partial charge in [-0.2, -0.15) is 8.42 Å². The van der Waals surface area contributed by atoms with Gasteiger partial charge >= 0.3 is 5.97 Å². The number of carboxylic acid groups (broad SMARTS) is 1. The number of rotatable bonds is 12. The zero-order valence-corrected chi connectivity index (χ0v) is 17.6. The minimum atomic E-state index is -3.92. The van der Waals surface area contributed by atoms with Crippen LogP contribution in [0.2, 0.25) is 0 Å². The Labute approximate surface area is 166 Å². The molecule has 1 aliphatic heterocycles. The Kier molecular flexibility index (Phi) is 9.28. The molecule has 1 aliphatic rings. The monoisotopic (exact) mass is 424 g/mol. The van der Waals surface area contributed by atoms with Gasteiger partial charge < -0.3 is 20.3 Å². The Balaban J connectivity index is 2.65. The van der Waals surface area contributed by atoms with Gasteiger partial charge in [0.1, 0.15) is 0 Å². The molecule has 0 aromatic rings. The largest absolute Gasteiger partial charge is 0.479 e. The summed E-state index contributed by atoms with van der Waals surface area (Å²) in [5.74, 6) is -1.99. The van der Waals surface area contributed by atoms with Crippen molar-refractivity contribution in [1.82, 2.24) is 10.2 Å². The highest BCUT2D eigenvalue weighted by Crippen LogP contribution is 2.35. The fraction of sp³-hybridized carbons (Fsp3) is 0.882. The second-order valence-electron chi connectivity index (χ2n) is 7.61. The van der Waals surface area contributed by atoms with Gasteiger partial charge in [0, 0.05) is 44.9 Å². The van der Waals surface area contributed by atoms with Crippen molar-refractivity contribution in [2.75, 3.05) is 51.8 Å². The van der Waals surface area contributed by atoms with Gasteiger partial charge in [0.2, 0.25) is 5.91 Å². The molecule has 11 heteroatoms. The summed E-state index contributed by atoms with van der Waals surface area (Å²) in [6.07, 6.45) is 0.101. The van der Waals surface area contributed by atoms with Gasteiger partial charge in [0.25, 0.3) is 10.1 Å².